The van der Waals surface area contributed by atoms with E-state index >= 15 is 0 Å². The van der Waals surface area contributed by atoms with Crippen molar-refractivity contribution in [3.8, 4) is 0 Å². The predicted octanol–water partition coefficient (Wildman–Crippen LogP) is 6.74. The standard InChI is InChI=1S/C17H11Br2Cl/c18-15-10-9-13(11-5-1-2-6-12(11)15)17(19)14-7-3-4-8-16(14)20/h1-10,17H. The van der Waals surface area contributed by atoms with Gasteiger partial charge in [0.15, 0.2) is 0 Å². The molecule has 20 heavy (non-hydrogen) atoms. The molecule has 0 amide bonds. The van der Waals surface area contributed by atoms with Crippen molar-refractivity contribution in [1.82, 2.24) is 0 Å². The van der Waals surface area contributed by atoms with Crippen molar-refractivity contribution >= 4 is 54.2 Å². The summed E-state index contributed by atoms with van der Waals surface area (Å²) in [6.07, 6.45) is 0. The van der Waals surface area contributed by atoms with Gasteiger partial charge in [-0.25, -0.2) is 0 Å². The fourth-order valence-electron chi connectivity index (χ4n) is 2.35. The normalized spacial score (nSPS) is 12.6. The lowest BCUT2D eigenvalue weighted by Crippen LogP contribution is -1.95. The Labute approximate surface area is 140 Å². The molecule has 0 bridgehead atoms. The van der Waals surface area contributed by atoms with E-state index < -0.39 is 0 Å². The second kappa shape index (κ2) is 5.88. The van der Waals surface area contributed by atoms with Crippen LogP contribution in [0.5, 0.6) is 0 Å². The molecule has 1 atom stereocenters. The molecule has 0 nitrogen and oxygen atoms in total. The van der Waals surface area contributed by atoms with Crippen LogP contribution in [0.25, 0.3) is 10.8 Å². The summed E-state index contributed by atoms with van der Waals surface area (Å²) >= 11 is 13.7. The minimum atomic E-state index is 0.0780. The number of halogens is 3. The van der Waals surface area contributed by atoms with Crippen molar-refractivity contribution in [1.29, 1.82) is 0 Å². The van der Waals surface area contributed by atoms with Crippen LogP contribution in [-0.4, -0.2) is 0 Å². The van der Waals surface area contributed by atoms with Gasteiger partial charge >= 0.3 is 0 Å². The van der Waals surface area contributed by atoms with E-state index in [1.165, 1.54) is 16.3 Å². The van der Waals surface area contributed by atoms with Crippen molar-refractivity contribution in [3.63, 3.8) is 0 Å². The highest BCUT2D eigenvalue weighted by molar-refractivity contribution is 9.10. The van der Waals surface area contributed by atoms with Crippen molar-refractivity contribution < 1.29 is 0 Å². The number of benzene rings is 3. The molecule has 0 heterocycles. The van der Waals surface area contributed by atoms with E-state index in [9.17, 15) is 0 Å². The molecule has 1 unspecified atom stereocenters. The Kier molecular flexibility index (Phi) is 4.16. The Morgan fingerprint density at radius 2 is 1.40 bits per heavy atom. The fourth-order valence-corrected chi connectivity index (χ4v) is 4.01. The van der Waals surface area contributed by atoms with Crippen LogP contribution in [0.15, 0.2) is 65.1 Å². The van der Waals surface area contributed by atoms with E-state index in [-0.39, 0.29) is 4.83 Å². The van der Waals surface area contributed by atoms with Crippen molar-refractivity contribution in [2.45, 2.75) is 4.83 Å². The van der Waals surface area contributed by atoms with E-state index in [2.05, 4.69) is 74.3 Å². The number of alkyl halides is 1. The monoisotopic (exact) mass is 408 g/mol. The van der Waals surface area contributed by atoms with Crippen LogP contribution in [0.4, 0.5) is 0 Å². The highest BCUT2D eigenvalue weighted by atomic mass is 79.9. The van der Waals surface area contributed by atoms with Gasteiger partial charge in [0.2, 0.25) is 0 Å². The molecule has 0 fully saturated rings. The van der Waals surface area contributed by atoms with E-state index in [1.807, 2.05) is 18.2 Å². The van der Waals surface area contributed by atoms with Gasteiger partial charge in [-0.05, 0) is 34.0 Å². The first-order chi connectivity index (χ1) is 9.68. The fraction of sp³-hybridized carbons (Fsp3) is 0.0588. The van der Waals surface area contributed by atoms with Gasteiger partial charge in [0.1, 0.15) is 0 Å². The average Bonchev–Trinajstić information content (AvgIpc) is 2.48. The smallest absolute Gasteiger partial charge is 0.0665 e. The highest BCUT2D eigenvalue weighted by Gasteiger charge is 2.16. The molecule has 0 aromatic heterocycles. The lowest BCUT2D eigenvalue weighted by atomic mass is 9.98. The Hall–Kier alpha value is -0.830. The number of rotatable bonds is 2. The molecular weight excluding hydrogens is 399 g/mol. The molecule has 3 rings (SSSR count). The second-order valence-electron chi connectivity index (χ2n) is 4.57. The summed E-state index contributed by atoms with van der Waals surface area (Å²) < 4.78 is 1.11. The summed E-state index contributed by atoms with van der Waals surface area (Å²) in [6.45, 7) is 0. The molecule has 0 aliphatic rings. The number of hydrogen-bond acceptors (Lipinski definition) is 0. The molecule has 0 radical (unpaired) electrons. The SMILES string of the molecule is Clc1ccccc1C(Br)c1ccc(Br)c2ccccc12. The minimum absolute atomic E-state index is 0.0780. The van der Waals surface area contributed by atoms with Gasteiger partial charge in [-0.2, -0.15) is 0 Å². The van der Waals surface area contributed by atoms with Gasteiger partial charge < -0.3 is 0 Å². The molecule has 0 aliphatic heterocycles. The molecule has 0 N–H and O–H groups in total. The van der Waals surface area contributed by atoms with Gasteiger partial charge in [-0.15, -0.1) is 0 Å². The first-order valence-corrected chi connectivity index (χ1v) is 8.33. The van der Waals surface area contributed by atoms with Gasteiger partial charge in [-0.3, -0.25) is 0 Å². The number of fused-ring (bicyclic) bond motifs is 1. The summed E-state index contributed by atoms with van der Waals surface area (Å²) in [6, 6.07) is 20.5. The van der Waals surface area contributed by atoms with E-state index in [1.54, 1.807) is 0 Å². The maximum atomic E-state index is 6.31. The maximum absolute atomic E-state index is 6.31. The lowest BCUT2D eigenvalue weighted by Gasteiger charge is -2.15. The Balaban J connectivity index is 2.20. The topological polar surface area (TPSA) is 0 Å². The molecular formula is C17H11Br2Cl. The van der Waals surface area contributed by atoms with Crippen molar-refractivity contribution in [2.75, 3.05) is 0 Å². The van der Waals surface area contributed by atoms with E-state index in [4.69, 9.17) is 11.6 Å². The third-order valence-corrected chi connectivity index (χ3v) is 5.38. The van der Waals surface area contributed by atoms with E-state index in [0.29, 0.717) is 0 Å². The average molecular weight is 411 g/mol. The number of hydrogen-bond donors (Lipinski definition) is 0. The summed E-state index contributed by atoms with van der Waals surface area (Å²) in [5.74, 6) is 0. The maximum Gasteiger partial charge on any atom is 0.0665 e. The molecule has 100 valence electrons. The molecule has 0 spiro atoms. The van der Waals surface area contributed by atoms with Crippen molar-refractivity contribution in [3.05, 3.63) is 81.3 Å². The first-order valence-electron chi connectivity index (χ1n) is 6.24. The van der Waals surface area contributed by atoms with Crippen LogP contribution in [0.2, 0.25) is 5.02 Å². The van der Waals surface area contributed by atoms with Crippen LogP contribution < -0.4 is 0 Å². The highest BCUT2D eigenvalue weighted by Crippen LogP contribution is 2.39. The largest absolute Gasteiger partial charge is 0.0840 e. The minimum Gasteiger partial charge on any atom is -0.0840 e. The van der Waals surface area contributed by atoms with Gasteiger partial charge in [0, 0.05) is 9.50 Å². The zero-order valence-corrected chi connectivity index (χ0v) is 14.4. The van der Waals surface area contributed by atoms with Crippen LogP contribution in [0.3, 0.4) is 0 Å². The van der Waals surface area contributed by atoms with Crippen molar-refractivity contribution in [2.24, 2.45) is 0 Å². The molecule has 0 saturated heterocycles. The zero-order chi connectivity index (χ0) is 14.1. The molecule has 0 aliphatic carbocycles. The van der Waals surface area contributed by atoms with Crippen LogP contribution in [0, 0.1) is 0 Å². The Bertz CT molecular complexity index is 768. The third kappa shape index (κ3) is 2.52. The first kappa shape index (κ1) is 14.1. The Morgan fingerprint density at radius 1 is 0.750 bits per heavy atom. The molecule has 3 aromatic carbocycles. The molecule has 3 heteroatoms. The van der Waals surface area contributed by atoms with E-state index in [0.717, 1.165) is 15.1 Å². The second-order valence-corrected chi connectivity index (χ2v) is 6.74. The molecule has 3 aromatic rings. The van der Waals surface area contributed by atoms with Crippen LogP contribution in [0.1, 0.15) is 16.0 Å². The summed E-state index contributed by atoms with van der Waals surface area (Å²) in [5.41, 5.74) is 2.30. The third-order valence-electron chi connectivity index (χ3n) is 3.36. The summed E-state index contributed by atoms with van der Waals surface area (Å²) in [5, 5.41) is 3.21. The Morgan fingerprint density at radius 3 is 2.15 bits per heavy atom. The quantitative estimate of drug-likeness (QED) is 0.410. The van der Waals surface area contributed by atoms with Crippen LogP contribution in [-0.2, 0) is 0 Å². The lowest BCUT2D eigenvalue weighted by molar-refractivity contribution is 1.20. The molecule has 0 saturated carbocycles. The van der Waals surface area contributed by atoms with Gasteiger partial charge in [0.05, 0.1) is 4.83 Å². The summed E-state index contributed by atoms with van der Waals surface area (Å²) in [7, 11) is 0. The summed E-state index contributed by atoms with van der Waals surface area (Å²) in [4.78, 5) is 0.0780. The van der Waals surface area contributed by atoms with Gasteiger partial charge in [0.25, 0.3) is 0 Å². The van der Waals surface area contributed by atoms with Gasteiger partial charge in [-0.1, -0.05) is 92.0 Å². The predicted molar refractivity (Wildman–Crippen MR) is 93.9 cm³/mol. The van der Waals surface area contributed by atoms with Crippen LogP contribution >= 0.6 is 43.5 Å². The zero-order valence-electron chi connectivity index (χ0n) is 10.5.